The molecule has 1 fully saturated rings. The van der Waals surface area contributed by atoms with Crippen LogP contribution in [-0.2, 0) is 9.59 Å². The first-order chi connectivity index (χ1) is 11.5. The van der Waals surface area contributed by atoms with Crippen molar-refractivity contribution in [2.45, 2.75) is 12.5 Å². The van der Waals surface area contributed by atoms with Crippen LogP contribution in [0.2, 0.25) is 5.02 Å². The second-order valence-corrected chi connectivity index (χ2v) is 6.10. The van der Waals surface area contributed by atoms with Gasteiger partial charge in [-0.3, -0.25) is 14.6 Å². The highest BCUT2D eigenvalue weighted by Crippen LogP contribution is 2.37. The normalized spacial score (nSPS) is 20.3. The molecule has 1 aliphatic rings. The molecule has 7 heteroatoms. The Morgan fingerprint density at radius 2 is 2.21 bits per heavy atom. The van der Waals surface area contributed by atoms with Crippen LogP contribution in [0.3, 0.4) is 0 Å². The third kappa shape index (κ3) is 3.10. The van der Waals surface area contributed by atoms with Gasteiger partial charge in [0.05, 0.1) is 17.6 Å². The van der Waals surface area contributed by atoms with Gasteiger partial charge in [-0.1, -0.05) is 17.7 Å². The molecule has 1 aromatic carbocycles. The van der Waals surface area contributed by atoms with Crippen molar-refractivity contribution in [1.82, 2.24) is 9.88 Å². The zero-order valence-corrected chi connectivity index (χ0v) is 13.6. The molecule has 0 saturated carbocycles. The van der Waals surface area contributed by atoms with E-state index in [1.807, 2.05) is 6.07 Å². The number of halogens is 2. The van der Waals surface area contributed by atoms with Crippen molar-refractivity contribution in [2.24, 2.45) is 5.92 Å². The van der Waals surface area contributed by atoms with Crippen LogP contribution in [0.25, 0.3) is 0 Å². The Balaban J connectivity index is 1.86. The molecule has 2 heterocycles. The number of pyridine rings is 1. The molecule has 5 nitrogen and oxygen atoms in total. The average molecular weight is 348 g/mol. The number of amides is 2. The van der Waals surface area contributed by atoms with Gasteiger partial charge in [-0.05, 0) is 29.8 Å². The van der Waals surface area contributed by atoms with E-state index in [1.165, 1.54) is 17.0 Å². The van der Waals surface area contributed by atoms with Crippen molar-refractivity contribution in [2.75, 3.05) is 12.4 Å². The van der Waals surface area contributed by atoms with Gasteiger partial charge < -0.3 is 10.2 Å². The summed E-state index contributed by atoms with van der Waals surface area (Å²) in [6.45, 7) is 0. The Morgan fingerprint density at radius 1 is 1.42 bits per heavy atom. The largest absolute Gasteiger partial charge is 0.338 e. The number of benzene rings is 1. The van der Waals surface area contributed by atoms with E-state index in [1.54, 1.807) is 25.5 Å². The lowest BCUT2D eigenvalue weighted by Crippen LogP contribution is -2.30. The van der Waals surface area contributed by atoms with E-state index in [0.29, 0.717) is 0 Å². The van der Waals surface area contributed by atoms with Crippen LogP contribution < -0.4 is 5.32 Å². The molecule has 24 heavy (non-hydrogen) atoms. The maximum atomic E-state index is 13.9. The predicted octanol–water partition coefficient (Wildman–Crippen LogP) is 3.03. The summed E-state index contributed by atoms with van der Waals surface area (Å²) in [7, 11) is 1.65. The monoisotopic (exact) mass is 347 g/mol. The molecule has 1 N–H and O–H groups in total. The lowest BCUT2D eigenvalue weighted by atomic mass is 9.94. The number of hydrogen-bond donors (Lipinski definition) is 1. The van der Waals surface area contributed by atoms with Gasteiger partial charge in [0.1, 0.15) is 5.82 Å². The number of rotatable bonds is 3. The van der Waals surface area contributed by atoms with Crippen molar-refractivity contribution >= 4 is 29.1 Å². The van der Waals surface area contributed by atoms with Gasteiger partial charge in [-0.15, -0.1) is 0 Å². The fraction of sp³-hybridized carbons (Fsp3) is 0.235. The first kappa shape index (κ1) is 16.4. The number of anilines is 1. The van der Waals surface area contributed by atoms with Crippen molar-refractivity contribution in [1.29, 1.82) is 0 Å². The highest BCUT2D eigenvalue weighted by atomic mass is 35.5. The van der Waals surface area contributed by atoms with Crippen LogP contribution in [0.4, 0.5) is 10.1 Å². The Hall–Kier alpha value is -2.47. The first-order valence-corrected chi connectivity index (χ1v) is 7.76. The first-order valence-electron chi connectivity index (χ1n) is 7.39. The van der Waals surface area contributed by atoms with E-state index in [9.17, 15) is 14.0 Å². The minimum atomic E-state index is -0.623. The molecule has 0 radical (unpaired) electrons. The molecule has 0 aliphatic carbocycles. The van der Waals surface area contributed by atoms with E-state index in [4.69, 9.17) is 11.6 Å². The summed E-state index contributed by atoms with van der Waals surface area (Å²) in [5, 5.41) is 2.79. The molecule has 0 unspecified atom stereocenters. The lowest BCUT2D eigenvalue weighted by molar-refractivity contribution is -0.127. The second kappa shape index (κ2) is 6.57. The summed E-state index contributed by atoms with van der Waals surface area (Å²) in [6, 6.07) is 7.15. The van der Waals surface area contributed by atoms with Crippen LogP contribution >= 0.6 is 11.6 Å². The van der Waals surface area contributed by atoms with E-state index in [0.717, 1.165) is 11.6 Å². The molecule has 1 aliphatic heterocycles. The average Bonchev–Trinajstić information content (AvgIpc) is 2.86. The summed E-state index contributed by atoms with van der Waals surface area (Å²) < 4.78 is 13.9. The number of likely N-dealkylation sites (tertiary alicyclic amines) is 1. The predicted molar refractivity (Wildman–Crippen MR) is 87.9 cm³/mol. The Bertz CT molecular complexity index is 785. The number of carbonyl (C=O) groups is 2. The number of aromatic nitrogens is 1. The van der Waals surface area contributed by atoms with Gasteiger partial charge in [0.25, 0.3) is 0 Å². The molecule has 3 rings (SSSR count). The van der Waals surface area contributed by atoms with Crippen LogP contribution in [0.15, 0.2) is 42.7 Å². The Morgan fingerprint density at radius 3 is 2.88 bits per heavy atom. The maximum absolute atomic E-state index is 13.9. The third-order valence-corrected chi connectivity index (χ3v) is 4.37. The maximum Gasteiger partial charge on any atom is 0.230 e. The van der Waals surface area contributed by atoms with Gasteiger partial charge in [0, 0.05) is 30.9 Å². The number of nitrogens with one attached hydrogen (secondary N) is 1. The highest BCUT2D eigenvalue weighted by Gasteiger charge is 2.42. The summed E-state index contributed by atoms with van der Waals surface area (Å²) in [5.41, 5.74) is 0.805. The molecule has 0 bridgehead atoms. The number of hydrogen-bond acceptors (Lipinski definition) is 3. The molecular weight excluding hydrogens is 333 g/mol. The fourth-order valence-electron chi connectivity index (χ4n) is 2.93. The minimum Gasteiger partial charge on any atom is -0.338 e. The van der Waals surface area contributed by atoms with Crippen molar-refractivity contribution in [3.05, 3.63) is 59.1 Å². The fourth-order valence-corrected chi connectivity index (χ4v) is 3.09. The highest BCUT2D eigenvalue weighted by molar-refractivity contribution is 6.30. The summed E-state index contributed by atoms with van der Waals surface area (Å²) in [6.07, 6.45) is 3.32. The minimum absolute atomic E-state index is 0.0383. The van der Waals surface area contributed by atoms with E-state index in [2.05, 4.69) is 10.3 Å². The smallest absolute Gasteiger partial charge is 0.230 e. The molecule has 2 aromatic rings. The molecule has 2 amide bonds. The van der Waals surface area contributed by atoms with Crippen LogP contribution in [0.1, 0.15) is 18.0 Å². The Kier molecular flexibility index (Phi) is 4.49. The molecule has 1 saturated heterocycles. The molecule has 124 valence electrons. The Labute approximate surface area is 143 Å². The van der Waals surface area contributed by atoms with Crippen molar-refractivity contribution in [3.63, 3.8) is 0 Å². The van der Waals surface area contributed by atoms with Gasteiger partial charge in [0.15, 0.2) is 0 Å². The second-order valence-electron chi connectivity index (χ2n) is 5.66. The van der Waals surface area contributed by atoms with Crippen molar-refractivity contribution in [3.8, 4) is 0 Å². The molecule has 0 spiro atoms. The quantitative estimate of drug-likeness (QED) is 0.928. The topological polar surface area (TPSA) is 62.3 Å². The van der Waals surface area contributed by atoms with E-state index in [-0.39, 0.29) is 23.0 Å². The molecular formula is C17H15ClFN3O2. The molecule has 1 aromatic heterocycles. The van der Waals surface area contributed by atoms with Crippen LogP contribution in [0.5, 0.6) is 0 Å². The van der Waals surface area contributed by atoms with E-state index >= 15 is 0 Å². The van der Waals surface area contributed by atoms with Gasteiger partial charge in [-0.25, -0.2) is 4.39 Å². The van der Waals surface area contributed by atoms with Crippen LogP contribution in [0, 0.1) is 11.7 Å². The SMILES string of the molecule is CN1C(=O)C[C@H](C(=O)Nc2ccc(Cl)cc2F)[C@@H]1c1cccnc1. The summed E-state index contributed by atoms with van der Waals surface area (Å²) in [4.78, 5) is 30.3. The lowest BCUT2D eigenvalue weighted by Gasteiger charge is -2.24. The zero-order chi connectivity index (χ0) is 17.3. The van der Waals surface area contributed by atoms with E-state index < -0.39 is 23.7 Å². The number of carbonyl (C=O) groups excluding carboxylic acids is 2. The summed E-state index contributed by atoms with van der Waals surface area (Å²) in [5.74, 6) is -1.79. The molecule has 2 atom stereocenters. The zero-order valence-electron chi connectivity index (χ0n) is 12.9. The summed E-state index contributed by atoms with van der Waals surface area (Å²) >= 11 is 5.71. The number of nitrogens with zero attached hydrogens (tertiary/aromatic N) is 2. The van der Waals surface area contributed by atoms with Gasteiger partial charge in [-0.2, -0.15) is 0 Å². The standard InChI is InChI=1S/C17H15ClFN3O2/c1-22-15(23)8-12(16(22)10-3-2-6-20-9-10)17(24)21-14-5-4-11(18)7-13(14)19/h2-7,9,12,16H,8H2,1H3,(H,21,24)/t12-,16-/m0/s1. The van der Waals surface area contributed by atoms with Crippen molar-refractivity contribution < 1.29 is 14.0 Å². The van der Waals surface area contributed by atoms with Gasteiger partial charge >= 0.3 is 0 Å². The van der Waals surface area contributed by atoms with Crippen LogP contribution in [-0.4, -0.2) is 28.7 Å². The third-order valence-electron chi connectivity index (χ3n) is 4.14. The van der Waals surface area contributed by atoms with Gasteiger partial charge in [0.2, 0.25) is 11.8 Å².